The van der Waals surface area contributed by atoms with Gasteiger partial charge in [0.05, 0.1) is 13.2 Å². The number of aromatic carboxylic acids is 1. The van der Waals surface area contributed by atoms with Crippen molar-refractivity contribution in [3.05, 3.63) is 35.9 Å². The number of fused-ring (bicyclic) bond motifs is 1. The summed E-state index contributed by atoms with van der Waals surface area (Å²) in [5, 5.41) is 30.9. The predicted molar refractivity (Wildman–Crippen MR) is 125 cm³/mol. The van der Waals surface area contributed by atoms with Crippen LogP contribution in [0.2, 0.25) is 0 Å². The molecular weight excluding hydrogens is 428 g/mol. The first-order chi connectivity index (χ1) is 16.0. The number of carboxylic acid groups (broad SMARTS) is 1. The number of aliphatic hydroxyl groups excluding tert-OH is 2. The Bertz CT molecular complexity index is 854. The molecule has 0 aliphatic rings. The van der Waals surface area contributed by atoms with Crippen LogP contribution in [0, 0.1) is 0 Å². The molecule has 0 aromatic heterocycles. The van der Waals surface area contributed by atoms with E-state index in [1.54, 1.807) is 30.3 Å². The lowest BCUT2D eigenvalue weighted by atomic mass is 10.0. The zero-order valence-corrected chi connectivity index (χ0v) is 19.5. The zero-order valence-electron chi connectivity index (χ0n) is 19.5. The Morgan fingerprint density at radius 1 is 0.848 bits per heavy atom. The first-order valence-corrected chi connectivity index (χ1v) is 11.5. The highest BCUT2D eigenvalue weighted by Crippen LogP contribution is 2.31. The van der Waals surface area contributed by atoms with Gasteiger partial charge in [0.25, 0.3) is 0 Å². The number of carbonyl (C=O) groups is 1. The lowest BCUT2D eigenvalue weighted by Gasteiger charge is -2.16. The molecular formula is C25H36O8. The zero-order chi connectivity index (χ0) is 24.1. The standard InChI is InChI=1S/C25H36O8/c1-3-5-11-30-14-19(26)16-32-21-8-9-22-18(13-21)7-10-23(24(22)25(28)29)33-17-20(27)15-31-12-6-4-2/h7-10,13,19-20,26-27H,3-6,11-12,14-17H2,1-2H3,(H,28,29). The fourth-order valence-corrected chi connectivity index (χ4v) is 3.12. The monoisotopic (exact) mass is 464 g/mol. The van der Waals surface area contributed by atoms with Crippen LogP contribution >= 0.6 is 0 Å². The SMILES string of the molecule is CCCCOCC(O)COc1ccc2c(C(=O)O)c(OCC(O)COCCCC)ccc2c1. The van der Waals surface area contributed by atoms with Crippen LogP contribution in [-0.2, 0) is 9.47 Å². The number of rotatable bonds is 17. The number of benzene rings is 2. The van der Waals surface area contributed by atoms with E-state index in [0.29, 0.717) is 29.7 Å². The number of hydrogen-bond donors (Lipinski definition) is 3. The van der Waals surface area contributed by atoms with E-state index in [4.69, 9.17) is 18.9 Å². The summed E-state index contributed by atoms with van der Waals surface area (Å²) >= 11 is 0. The van der Waals surface area contributed by atoms with E-state index in [-0.39, 0.29) is 37.7 Å². The highest BCUT2D eigenvalue weighted by Gasteiger charge is 2.18. The first-order valence-electron chi connectivity index (χ1n) is 11.5. The van der Waals surface area contributed by atoms with Crippen LogP contribution in [0.25, 0.3) is 10.8 Å². The van der Waals surface area contributed by atoms with Gasteiger partial charge in [0.2, 0.25) is 0 Å². The molecule has 0 radical (unpaired) electrons. The normalized spacial score (nSPS) is 13.1. The van der Waals surface area contributed by atoms with Gasteiger partial charge in [-0.2, -0.15) is 0 Å². The van der Waals surface area contributed by atoms with Crippen LogP contribution in [0.5, 0.6) is 11.5 Å². The largest absolute Gasteiger partial charge is 0.491 e. The average Bonchev–Trinajstić information content (AvgIpc) is 2.81. The minimum atomic E-state index is -1.13. The smallest absolute Gasteiger partial charge is 0.340 e. The second kappa shape index (κ2) is 14.7. The molecule has 0 bridgehead atoms. The Morgan fingerprint density at radius 3 is 2.03 bits per heavy atom. The molecule has 0 saturated heterocycles. The number of ether oxygens (including phenoxy) is 4. The average molecular weight is 465 g/mol. The van der Waals surface area contributed by atoms with E-state index in [2.05, 4.69) is 13.8 Å². The van der Waals surface area contributed by atoms with Crippen LogP contribution in [0.1, 0.15) is 49.9 Å². The van der Waals surface area contributed by atoms with Crippen molar-refractivity contribution in [3.63, 3.8) is 0 Å². The molecule has 2 atom stereocenters. The second-order valence-electron chi connectivity index (χ2n) is 7.91. The van der Waals surface area contributed by atoms with Crippen LogP contribution in [0.15, 0.2) is 30.3 Å². The topological polar surface area (TPSA) is 115 Å². The van der Waals surface area contributed by atoms with E-state index in [1.165, 1.54) is 0 Å². The number of carboxylic acids is 1. The van der Waals surface area contributed by atoms with Gasteiger partial charge in [0.15, 0.2) is 0 Å². The van der Waals surface area contributed by atoms with Crippen molar-refractivity contribution in [2.24, 2.45) is 0 Å². The van der Waals surface area contributed by atoms with Crippen LogP contribution in [0.3, 0.4) is 0 Å². The van der Waals surface area contributed by atoms with E-state index in [1.807, 2.05) is 0 Å². The van der Waals surface area contributed by atoms with Gasteiger partial charge in [-0.15, -0.1) is 0 Å². The van der Waals surface area contributed by atoms with Gasteiger partial charge in [0, 0.05) is 18.6 Å². The van der Waals surface area contributed by atoms with E-state index in [9.17, 15) is 20.1 Å². The number of unbranched alkanes of at least 4 members (excludes halogenated alkanes) is 2. The Labute approximate surface area is 195 Å². The fraction of sp³-hybridized carbons (Fsp3) is 0.560. The first kappa shape index (κ1) is 26.9. The maximum atomic E-state index is 11.9. The molecule has 2 unspecified atom stereocenters. The fourth-order valence-electron chi connectivity index (χ4n) is 3.12. The molecule has 0 heterocycles. The highest BCUT2D eigenvalue weighted by molar-refractivity contribution is 6.06. The summed E-state index contributed by atoms with van der Waals surface area (Å²) in [5.41, 5.74) is 0.0162. The van der Waals surface area contributed by atoms with Gasteiger partial charge >= 0.3 is 5.97 Å². The molecule has 0 fully saturated rings. The van der Waals surface area contributed by atoms with Gasteiger partial charge in [-0.3, -0.25) is 0 Å². The molecule has 0 saturated carbocycles. The Kier molecular flexibility index (Phi) is 12.0. The van der Waals surface area contributed by atoms with E-state index in [0.717, 1.165) is 25.7 Å². The number of aliphatic hydroxyl groups is 2. The van der Waals surface area contributed by atoms with Gasteiger partial charge in [0.1, 0.15) is 42.5 Å². The van der Waals surface area contributed by atoms with Crippen molar-refractivity contribution < 1.29 is 39.1 Å². The molecule has 0 aliphatic heterocycles. The third-order valence-corrected chi connectivity index (χ3v) is 4.95. The Balaban J connectivity index is 2.00. The quantitative estimate of drug-likeness (QED) is 0.304. The number of hydrogen-bond acceptors (Lipinski definition) is 7. The van der Waals surface area contributed by atoms with E-state index < -0.39 is 18.2 Å². The maximum Gasteiger partial charge on any atom is 0.340 e. The van der Waals surface area contributed by atoms with Crippen molar-refractivity contribution in [2.45, 2.75) is 51.7 Å². The molecule has 3 N–H and O–H groups in total. The molecule has 0 amide bonds. The highest BCUT2D eigenvalue weighted by atomic mass is 16.5. The van der Waals surface area contributed by atoms with Crippen molar-refractivity contribution in [2.75, 3.05) is 39.6 Å². The van der Waals surface area contributed by atoms with Crippen LogP contribution in [0.4, 0.5) is 0 Å². The molecule has 2 rings (SSSR count). The summed E-state index contributed by atoms with van der Waals surface area (Å²) in [6, 6.07) is 8.32. The van der Waals surface area contributed by atoms with Crippen molar-refractivity contribution in [1.29, 1.82) is 0 Å². The van der Waals surface area contributed by atoms with Gasteiger partial charge < -0.3 is 34.3 Å². The molecule has 33 heavy (non-hydrogen) atoms. The lowest BCUT2D eigenvalue weighted by molar-refractivity contribution is 0.0110. The summed E-state index contributed by atoms with van der Waals surface area (Å²) in [6.07, 6.45) is 2.29. The third kappa shape index (κ3) is 9.17. The van der Waals surface area contributed by atoms with Crippen molar-refractivity contribution >= 4 is 16.7 Å². The minimum absolute atomic E-state index is 0.0162. The Morgan fingerprint density at radius 2 is 1.45 bits per heavy atom. The molecule has 2 aromatic rings. The van der Waals surface area contributed by atoms with Gasteiger partial charge in [-0.1, -0.05) is 32.8 Å². The summed E-state index contributed by atoms with van der Waals surface area (Å²) in [4.78, 5) is 11.9. The van der Waals surface area contributed by atoms with Gasteiger partial charge in [-0.25, -0.2) is 4.79 Å². The minimum Gasteiger partial charge on any atom is -0.491 e. The lowest BCUT2D eigenvalue weighted by Crippen LogP contribution is -2.24. The summed E-state index contributed by atoms with van der Waals surface area (Å²) < 4.78 is 22.0. The van der Waals surface area contributed by atoms with Crippen molar-refractivity contribution in [3.8, 4) is 11.5 Å². The second-order valence-corrected chi connectivity index (χ2v) is 7.91. The molecule has 8 nitrogen and oxygen atoms in total. The van der Waals surface area contributed by atoms with Crippen LogP contribution < -0.4 is 9.47 Å². The van der Waals surface area contributed by atoms with Gasteiger partial charge in [-0.05, 0) is 42.5 Å². The van der Waals surface area contributed by atoms with Crippen molar-refractivity contribution in [1.82, 2.24) is 0 Å². The van der Waals surface area contributed by atoms with E-state index >= 15 is 0 Å². The molecule has 8 heteroatoms. The summed E-state index contributed by atoms with van der Waals surface area (Å²) in [6.45, 7) is 5.63. The molecule has 0 aliphatic carbocycles. The Hall–Kier alpha value is -2.39. The van der Waals surface area contributed by atoms with Crippen LogP contribution in [-0.4, -0.2) is 73.1 Å². The summed E-state index contributed by atoms with van der Waals surface area (Å²) in [5.74, 6) is -0.437. The maximum absolute atomic E-state index is 11.9. The molecule has 184 valence electrons. The molecule has 2 aromatic carbocycles. The third-order valence-electron chi connectivity index (χ3n) is 4.95. The summed E-state index contributed by atoms with van der Waals surface area (Å²) in [7, 11) is 0. The predicted octanol–water partition coefficient (Wildman–Crippen LogP) is 3.65. The molecule has 0 spiro atoms.